The molecule has 2 nitrogen and oxygen atoms in total. The molecule has 0 heterocycles. The van der Waals surface area contributed by atoms with Gasteiger partial charge in [-0.3, -0.25) is 0 Å². The molecule has 0 bridgehead atoms. The van der Waals surface area contributed by atoms with Crippen molar-refractivity contribution in [1.29, 1.82) is 0 Å². The van der Waals surface area contributed by atoms with Gasteiger partial charge >= 0.3 is 0 Å². The van der Waals surface area contributed by atoms with E-state index >= 15 is 0 Å². The third-order valence-electron chi connectivity index (χ3n) is 4.56. The van der Waals surface area contributed by atoms with Gasteiger partial charge in [-0.05, 0) is 56.8 Å². The first-order valence-corrected chi connectivity index (χ1v) is 7.01. The van der Waals surface area contributed by atoms with Crippen LogP contribution in [-0.4, -0.2) is 18.2 Å². The minimum Gasteiger partial charge on any atom is -0.370 e. The van der Waals surface area contributed by atoms with Crippen LogP contribution in [-0.2, 0) is 4.74 Å². The summed E-state index contributed by atoms with van der Waals surface area (Å²) in [4.78, 5) is 0. The zero-order chi connectivity index (χ0) is 11.6. The van der Waals surface area contributed by atoms with Gasteiger partial charge in [0.25, 0.3) is 0 Å². The van der Waals surface area contributed by atoms with Crippen LogP contribution in [0, 0.1) is 11.8 Å². The molecule has 2 N–H and O–H groups in total. The SMILES string of the molecule is CC1CCC(OC2(CN)CCC(C)C2)CC1. The molecule has 2 aliphatic rings. The van der Waals surface area contributed by atoms with Crippen LogP contribution < -0.4 is 5.73 Å². The van der Waals surface area contributed by atoms with E-state index in [4.69, 9.17) is 10.5 Å². The van der Waals surface area contributed by atoms with Crippen LogP contribution in [0.3, 0.4) is 0 Å². The molecule has 0 aliphatic heterocycles. The number of nitrogens with two attached hydrogens (primary N) is 1. The lowest BCUT2D eigenvalue weighted by Gasteiger charge is -2.36. The number of rotatable bonds is 3. The molecule has 2 rings (SSSR count). The zero-order valence-corrected chi connectivity index (χ0v) is 10.9. The fraction of sp³-hybridized carbons (Fsp3) is 1.00. The maximum atomic E-state index is 6.38. The van der Waals surface area contributed by atoms with E-state index in [1.54, 1.807) is 0 Å². The summed E-state index contributed by atoms with van der Waals surface area (Å²) in [6.45, 7) is 5.39. The van der Waals surface area contributed by atoms with Gasteiger partial charge in [-0.1, -0.05) is 13.8 Å². The van der Waals surface area contributed by atoms with E-state index in [1.165, 1.54) is 44.9 Å². The van der Waals surface area contributed by atoms with E-state index in [0.717, 1.165) is 11.8 Å². The lowest BCUT2D eigenvalue weighted by atomic mass is 9.88. The Morgan fingerprint density at radius 2 is 1.75 bits per heavy atom. The van der Waals surface area contributed by atoms with E-state index in [1.807, 2.05) is 0 Å². The Bertz CT molecular complexity index is 223. The highest BCUT2D eigenvalue weighted by Crippen LogP contribution is 2.39. The predicted molar refractivity (Wildman–Crippen MR) is 67.3 cm³/mol. The van der Waals surface area contributed by atoms with Crippen molar-refractivity contribution < 1.29 is 4.74 Å². The predicted octanol–water partition coefficient (Wildman–Crippen LogP) is 3.10. The molecule has 2 fully saturated rings. The highest BCUT2D eigenvalue weighted by Gasteiger charge is 2.39. The van der Waals surface area contributed by atoms with Gasteiger partial charge in [0, 0.05) is 6.54 Å². The van der Waals surface area contributed by atoms with Crippen LogP contribution in [0.1, 0.15) is 58.8 Å². The summed E-state index contributed by atoms with van der Waals surface area (Å²) in [6, 6.07) is 0. The summed E-state index contributed by atoms with van der Waals surface area (Å²) >= 11 is 0. The lowest BCUT2D eigenvalue weighted by Crippen LogP contribution is -2.42. The van der Waals surface area contributed by atoms with Gasteiger partial charge in [0.15, 0.2) is 0 Å². The maximum absolute atomic E-state index is 6.38. The summed E-state index contributed by atoms with van der Waals surface area (Å²) in [5, 5.41) is 0. The number of hydrogen-bond acceptors (Lipinski definition) is 2. The second kappa shape index (κ2) is 5.05. The Labute approximate surface area is 99.9 Å². The third kappa shape index (κ3) is 2.78. The van der Waals surface area contributed by atoms with Crippen LogP contribution in [0.5, 0.6) is 0 Å². The molecule has 94 valence electrons. The van der Waals surface area contributed by atoms with Crippen LogP contribution in [0.25, 0.3) is 0 Å². The number of ether oxygens (including phenoxy) is 1. The first-order chi connectivity index (χ1) is 7.63. The molecule has 0 aromatic carbocycles. The molecule has 2 saturated carbocycles. The molecule has 0 radical (unpaired) electrons. The third-order valence-corrected chi connectivity index (χ3v) is 4.56. The van der Waals surface area contributed by atoms with Crippen LogP contribution in [0.4, 0.5) is 0 Å². The molecule has 2 atom stereocenters. The smallest absolute Gasteiger partial charge is 0.0810 e. The second-order valence-electron chi connectivity index (χ2n) is 6.23. The summed E-state index contributed by atoms with van der Waals surface area (Å²) in [5.41, 5.74) is 5.98. The monoisotopic (exact) mass is 225 g/mol. The Balaban J connectivity index is 1.87. The van der Waals surface area contributed by atoms with Crippen molar-refractivity contribution in [1.82, 2.24) is 0 Å². The number of hydrogen-bond donors (Lipinski definition) is 1. The Morgan fingerprint density at radius 1 is 1.06 bits per heavy atom. The van der Waals surface area contributed by atoms with Crippen molar-refractivity contribution in [3.63, 3.8) is 0 Å². The van der Waals surface area contributed by atoms with Gasteiger partial charge in [-0.2, -0.15) is 0 Å². The fourth-order valence-electron chi connectivity index (χ4n) is 3.39. The van der Waals surface area contributed by atoms with Gasteiger partial charge in [0.05, 0.1) is 11.7 Å². The van der Waals surface area contributed by atoms with E-state index in [9.17, 15) is 0 Å². The molecule has 0 aromatic rings. The van der Waals surface area contributed by atoms with Crippen molar-refractivity contribution >= 4 is 0 Å². The highest BCUT2D eigenvalue weighted by molar-refractivity contribution is 4.92. The van der Waals surface area contributed by atoms with Crippen molar-refractivity contribution in [2.45, 2.75) is 70.5 Å². The van der Waals surface area contributed by atoms with Crippen LogP contribution in [0.2, 0.25) is 0 Å². The molecular formula is C14H27NO. The molecule has 0 spiro atoms. The summed E-state index contributed by atoms with van der Waals surface area (Å²) in [7, 11) is 0. The first-order valence-electron chi connectivity index (χ1n) is 7.01. The average molecular weight is 225 g/mol. The topological polar surface area (TPSA) is 35.2 Å². The van der Waals surface area contributed by atoms with Crippen molar-refractivity contribution in [2.24, 2.45) is 17.6 Å². The second-order valence-corrected chi connectivity index (χ2v) is 6.23. The molecule has 16 heavy (non-hydrogen) atoms. The van der Waals surface area contributed by atoms with Gasteiger partial charge in [-0.15, -0.1) is 0 Å². The van der Waals surface area contributed by atoms with Gasteiger partial charge < -0.3 is 10.5 Å². The van der Waals surface area contributed by atoms with E-state index < -0.39 is 0 Å². The fourth-order valence-corrected chi connectivity index (χ4v) is 3.39. The summed E-state index contributed by atoms with van der Waals surface area (Å²) in [6.07, 6.45) is 9.30. The Hall–Kier alpha value is -0.0800. The quantitative estimate of drug-likeness (QED) is 0.801. The highest BCUT2D eigenvalue weighted by atomic mass is 16.5. The molecule has 2 aliphatic carbocycles. The average Bonchev–Trinajstić information content (AvgIpc) is 2.64. The summed E-state index contributed by atoms with van der Waals surface area (Å²) < 4.78 is 6.38. The van der Waals surface area contributed by atoms with Crippen molar-refractivity contribution in [3.8, 4) is 0 Å². The van der Waals surface area contributed by atoms with Gasteiger partial charge in [-0.25, -0.2) is 0 Å². The molecule has 0 aromatic heterocycles. The zero-order valence-electron chi connectivity index (χ0n) is 10.9. The molecule has 0 saturated heterocycles. The molecule has 0 amide bonds. The van der Waals surface area contributed by atoms with Crippen LogP contribution in [0.15, 0.2) is 0 Å². The Morgan fingerprint density at radius 3 is 2.25 bits per heavy atom. The van der Waals surface area contributed by atoms with Crippen LogP contribution >= 0.6 is 0 Å². The summed E-state index contributed by atoms with van der Waals surface area (Å²) in [5.74, 6) is 1.70. The minimum atomic E-state index is 0.0324. The standard InChI is InChI=1S/C14H27NO/c1-11-3-5-13(6-4-11)16-14(10-15)8-7-12(2)9-14/h11-13H,3-10,15H2,1-2H3. The van der Waals surface area contributed by atoms with E-state index in [2.05, 4.69) is 13.8 Å². The maximum Gasteiger partial charge on any atom is 0.0810 e. The molecular weight excluding hydrogens is 198 g/mol. The minimum absolute atomic E-state index is 0.0324. The van der Waals surface area contributed by atoms with Crippen molar-refractivity contribution in [2.75, 3.05) is 6.54 Å². The van der Waals surface area contributed by atoms with E-state index in [0.29, 0.717) is 12.6 Å². The van der Waals surface area contributed by atoms with E-state index in [-0.39, 0.29) is 5.60 Å². The van der Waals surface area contributed by atoms with Crippen molar-refractivity contribution in [3.05, 3.63) is 0 Å². The normalized spacial score (nSPS) is 44.8. The largest absolute Gasteiger partial charge is 0.370 e. The van der Waals surface area contributed by atoms with Gasteiger partial charge in [0.1, 0.15) is 0 Å². The van der Waals surface area contributed by atoms with Gasteiger partial charge in [0.2, 0.25) is 0 Å². The molecule has 2 heteroatoms. The molecule has 2 unspecified atom stereocenters. The Kier molecular flexibility index (Phi) is 3.91. The first kappa shape index (κ1) is 12.4. The lowest BCUT2D eigenvalue weighted by molar-refractivity contribution is -0.101.